The fourth-order valence-electron chi connectivity index (χ4n) is 4.50. The Kier molecular flexibility index (Phi) is 10.5. The lowest BCUT2D eigenvalue weighted by Crippen LogP contribution is -2.54. The Morgan fingerprint density at radius 3 is 1.98 bits per heavy atom. The molecule has 1 N–H and O–H groups in total. The first-order chi connectivity index (χ1) is 18.8. The van der Waals surface area contributed by atoms with Gasteiger partial charge in [-0.05, 0) is 57.4 Å². The number of amides is 2. The molecule has 40 heavy (non-hydrogen) atoms. The summed E-state index contributed by atoms with van der Waals surface area (Å²) in [5.41, 5.74) is 3.06. The highest BCUT2D eigenvalue weighted by molar-refractivity contribution is 7.92. The molecule has 0 bridgehead atoms. The van der Waals surface area contributed by atoms with Gasteiger partial charge in [0, 0.05) is 31.5 Å². The van der Waals surface area contributed by atoms with E-state index in [0.29, 0.717) is 18.5 Å². The molecule has 3 aromatic rings. The number of anilines is 1. The predicted molar refractivity (Wildman–Crippen MR) is 161 cm³/mol. The van der Waals surface area contributed by atoms with Crippen molar-refractivity contribution in [2.45, 2.75) is 65.1 Å². The lowest BCUT2D eigenvalue weighted by molar-refractivity contribution is -0.142. The van der Waals surface area contributed by atoms with Gasteiger partial charge in [-0.1, -0.05) is 78.4 Å². The van der Waals surface area contributed by atoms with Crippen LogP contribution in [-0.2, 0) is 32.6 Å². The molecule has 0 fully saturated rings. The zero-order valence-corrected chi connectivity index (χ0v) is 24.9. The molecule has 3 aromatic carbocycles. The number of nitrogens with one attached hydrogen (secondary N) is 1. The lowest BCUT2D eigenvalue weighted by atomic mass is 10.00. The van der Waals surface area contributed by atoms with Crippen molar-refractivity contribution >= 4 is 27.5 Å². The molecule has 7 nitrogen and oxygen atoms in total. The summed E-state index contributed by atoms with van der Waals surface area (Å²) in [5, 5.41) is 3.07. The Morgan fingerprint density at radius 1 is 0.850 bits per heavy atom. The SMILES string of the molecule is Cc1ccc(CN(C(=O)CCCN(c2ccccc2)S(C)(=O)=O)C(Cc2ccccc2)C(=O)NC(C)(C)C)cc1. The van der Waals surface area contributed by atoms with Gasteiger partial charge in [-0.2, -0.15) is 0 Å². The molecule has 0 radical (unpaired) electrons. The minimum Gasteiger partial charge on any atom is -0.350 e. The van der Waals surface area contributed by atoms with Crippen LogP contribution in [0.3, 0.4) is 0 Å². The molecule has 0 saturated heterocycles. The van der Waals surface area contributed by atoms with Crippen LogP contribution >= 0.6 is 0 Å². The number of benzene rings is 3. The number of rotatable bonds is 12. The van der Waals surface area contributed by atoms with E-state index in [2.05, 4.69) is 5.32 Å². The van der Waals surface area contributed by atoms with Crippen molar-refractivity contribution in [3.05, 3.63) is 102 Å². The fourth-order valence-corrected chi connectivity index (χ4v) is 5.46. The standard InChI is InChI=1S/C32H41N3O4S/c1-25-18-20-27(21-19-25)24-34(29(31(37)33-32(2,3)4)23-26-13-8-6-9-14-26)30(36)17-12-22-35(40(5,38)39)28-15-10-7-11-16-28/h6-11,13-16,18-21,29H,12,17,22-24H2,1-5H3,(H,33,37). The highest BCUT2D eigenvalue weighted by Gasteiger charge is 2.32. The van der Waals surface area contributed by atoms with Gasteiger partial charge >= 0.3 is 0 Å². The number of carbonyl (C=O) groups is 2. The summed E-state index contributed by atoms with van der Waals surface area (Å²) >= 11 is 0. The van der Waals surface area contributed by atoms with Gasteiger partial charge in [-0.15, -0.1) is 0 Å². The third-order valence-electron chi connectivity index (χ3n) is 6.44. The molecule has 2 amide bonds. The number of para-hydroxylation sites is 1. The Labute approximate surface area is 239 Å². The zero-order chi connectivity index (χ0) is 29.3. The van der Waals surface area contributed by atoms with Crippen molar-refractivity contribution in [2.75, 3.05) is 17.1 Å². The van der Waals surface area contributed by atoms with Crippen molar-refractivity contribution in [3.63, 3.8) is 0 Å². The van der Waals surface area contributed by atoms with Gasteiger partial charge in [0.15, 0.2) is 0 Å². The van der Waals surface area contributed by atoms with Gasteiger partial charge in [0.25, 0.3) is 0 Å². The van der Waals surface area contributed by atoms with Gasteiger partial charge in [0.1, 0.15) is 6.04 Å². The zero-order valence-electron chi connectivity index (χ0n) is 24.1. The summed E-state index contributed by atoms with van der Waals surface area (Å²) in [6.45, 7) is 8.18. The smallest absolute Gasteiger partial charge is 0.243 e. The Hall–Kier alpha value is -3.65. The summed E-state index contributed by atoms with van der Waals surface area (Å²) in [6, 6.07) is 25.7. The van der Waals surface area contributed by atoms with E-state index < -0.39 is 21.6 Å². The summed E-state index contributed by atoms with van der Waals surface area (Å²) in [4.78, 5) is 29.2. The van der Waals surface area contributed by atoms with Gasteiger partial charge < -0.3 is 10.2 Å². The second kappa shape index (κ2) is 13.6. The monoisotopic (exact) mass is 563 g/mol. The van der Waals surface area contributed by atoms with Crippen LogP contribution in [0.15, 0.2) is 84.9 Å². The molecule has 0 aliphatic carbocycles. The molecule has 0 aliphatic rings. The molecule has 1 atom stereocenters. The third-order valence-corrected chi connectivity index (χ3v) is 7.63. The molecule has 0 aromatic heterocycles. The first-order valence-electron chi connectivity index (χ1n) is 13.6. The summed E-state index contributed by atoms with van der Waals surface area (Å²) in [5.74, 6) is -0.425. The van der Waals surface area contributed by atoms with E-state index in [-0.39, 0.29) is 31.3 Å². The number of nitrogens with zero attached hydrogens (tertiary/aromatic N) is 2. The highest BCUT2D eigenvalue weighted by Crippen LogP contribution is 2.20. The third kappa shape index (κ3) is 9.52. The van der Waals surface area contributed by atoms with Gasteiger partial charge in [-0.25, -0.2) is 8.42 Å². The fraction of sp³-hybridized carbons (Fsp3) is 0.375. The minimum atomic E-state index is -3.54. The Bertz CT molecular complexity index is 1350. The maximum absolute atomic E-state index is 13.9. The predicted octanol–water partition coefficient (Wildman–Crippen LogP) is 5.10. The first kappa shape index (κ1) is 30.9. The lowest BCUT2D eigenvalue weighted by Gasteiger charge is -2.34. The Morgan fingerprint density at radius 2 is 1.43 bits per heavy atom. The number of hydrogen-bond donors (Lipinski definition) is 1. The van der Waals surface area contributed by atoms with Crippen LogP contribution in [0.2, 0.25) is 0 Å². The molecule has 1 unspecified atom stereocenters. The van der Waals surface area contributed by atoms with Crippen LogP contribution < -0.4 is 9.62 Å². The number of carbonyl (C=O) groups excluding carboxylic acids is 2. The van der Waals surface area contributed by atoms with Gasteiger partial charge in [0.2, 0.25) is 21.8 Å². The summed E-state index contributed by atoms with van der Waals surface area (Å²) in [7, 11) is -3.54. The summed E-state index contributed by atoms with van der Waals surface area (Å²) < 4.78 is 26.4. The van der Waals surface area contributed by atoms with Crippen molar-refractivity contribution in [1.82, 2.24) is 10.2 Å². The van der Waals surface area contributed by atoms with E-state index in [1.54, 1.807) is 29.2 Å². The van der Waals surface area contributed by atoms with Crippen molar-refractivity contribution in [1.29, 1.82) is 0 Å². The average molecular weight is 564 g/mol. The van der Waals surface area contributed by atoms with E-state index in [1.165, 1.54) is 4.31 Å². The van der Waals surface area contributed by atoms with Crippen LogP contribution in [0.25, 0.3) is 0 Å². The Balaban J connectivity index is 1.89. The van der Waals surface area contributed by atoms with E-state index in [9.17, 15) is 18.0 Å². The summed E-state index contributed by atoms with van der Waals surface area (Å²) in [6.07, 6.45) is 1.93. The van der Waals surface area contributed by atoms with Crippen LogP contribution in [0, 0.1) is 6.92 Å². The van der Waals surface area contributed by atoms with Crippen molar-refractivity contribution in [3.8, 4) is 0 Å². The number of hydrogen-bond acceptors (Lipinski definition) is 4. The normalized spacial score (nSPS) is 12.4. The molecule has 0 spiro atoms. The first-order valence-corrected chi connectivity index (χ1v) is 15.4. The van der Waals surface area contributed by atoms with Crippen LogP contribution in [-0.4, -0.2) is 49.5 Å². The maximum Gasteiger partial charge on any atom is 0.243 e. The van der Waals surface area contributed by atoms with Gasteiger partial charge in [0.05, 0.1) is 11.9 Å². The molecule has 0 saturated carbocycles. The van der Waals surface area contributed by atoms with Gasteiger partial charge in [-0.3, -0.25) is 13.9 Å². The van der Waals surface area contributed by atoms with Crippen LogP contribution in [0.5, 0.6) is 0 Å². The minimum absolute atomic E-state index is 0.0960. The van der Waals surface area contributed by atoms with E-state index >= 15 is 0 Å². The van der Waals surface area contributed by atoms with Crippen LogP contribution in [0.4, 0.5) is 5.69 Å². The molecule has 214 valence electrons. The molecule has 0 heterocycles. The highest BCUT2D eigenvalue weighted by atomic mass is 32.2. The second-order valence-electron chi connectivity index (χ2n) is 11.2. The largest absolute Gasteiger partial charge is 0.350 e. The van der Waals surface area contributed by atoms with E-state index in [1.807, 2.05) is 88.4 Å². The van der Waals surface area contributed by atoms with E-state index in [4.69, 9.17) is 0 Å². The average Bonchev–Trinajstić information content (AvgIpc) is 2.89. The quantitative estimate of drug-likeness (QED) is 0.332. The number of aryl methyl sites for hydroxylation is 1. The molecular weight excluding hydrogens is 522 g/mol. The van der Waals surface area contributed by atoms with E-state index in [0.717, 1.165) is 22.9 Å². The topological polar surface area (TPSA) is 86.8 Å². The second-order valence-corrected chi connectivity index (χ2v) is 13.1. The van der Waals surface area contributed by atoms with Crippen molar-refractivity contribution in [2.24, 2.45) is 0 Å². The van der Waals surface area contributed by atoms with Crippen LogP contribution in [0.1, 0.15) is 50.3 Å². The molecule has 8 heteroatoms. The maximum atomic E-state index is 13.9. The molecular formula is C32H41N3O4S. The molecule has 3 rings (SSSR count). The number of sulfonamides is 1. The molecule has 0 aliphatic heterocycles. The van der Waals surface area contributed by atoms with Crippen molar-refractivity contribution < 1.29 is 18.0 Å².